The van der Waals surface area contributed by atoms with Gasteiger partial charge in [0, 0.05) is 23.7 Å². The van der Waals surface area contributed by atoms with Crippen LogP contribution in [0.1, 0.15) is 5.69 Å². The van der Waals surface area contributed by atoms with Gasteiger partial charge in [0.05, 0.1) is 11.7 Å². The number of pyridine rings is 1. The molecule has 4 heteroatoms. The van der Waals surface area contributed by atoms with Crippen molar-refractivity contribution >= 4 is 16.7 Å². The first-order valence-electron chi connectivity index (χ1n) is 5.80. The Hall–Kier alpha value is -2.36. The highest BCUT2D eigenvalue weighted by Gasteiger charge is 2.07. The van der Waals surface area contributed by atoms with Crippen molar-refractivity contribution in [1.82, 2.24) is 14.8 Å². The molecule has 0 fully saturated rings. The molecule has 0 aliphatic rings. The maximum atomic E-state index is 5.72. The Labute approximate surface area is 105 Å². The molecule has 18 heavy (non-hydrogen) atoms. The summed E-state index contributed by atoms with van der Waals surface area (Å²) in [6, 6.07) is 10.00. The lowest BCUT2D eigenvalue weighted by Crippen LogP contribution is -1.93. The number of aromatic nitrogens is 3. The van der Waals surface area contributed by atoms with E-state index in [1.165, 1.54) is 0 Å². The average molecular weight is 238 g/mol. The minimum absolute atomic E-state index is 0.544. The number of hydrogen-bond donors (Lipinski definition) is 1. The number of nitrogens with zero attached hydrogens (tertiary/aromatic N) is 3. The van der Waals surface area contributed by atoms with E-state index in [2.05, 4.69) is 35.2 Å². The van der Waals surface area contributed by atoms with E-state index in [4.69, 9.17) is 5.73 Å². The van der Waals surface area contributed by atoms with Crippen molar-refractivity contribution in [3.63, 3.8) is 0 Å². The summed E-state index contributed by atoms with van der Waals surface area (Å²) in [5.74, 6) is 0.544. The van der Waals surface area contributed by atoms with Crippen LogP contribution in [-0.2, 0) is 7.05 Å². The number of hydrogen-bond acceptors (Lipinski definition) is 3. The number of benzene rings is 1. The molecule has 2 heterocycles. The highest BCUT2D eigenvalue weighted by atomic mass is 15.3. The van der Waals surface area contributed by atoms with E-state index in [1.54, 1.807) is 0 Å². The molecule has 3 aromatic rings. The Kier molecular flexibility index (Phi) is 2.30. The van der Waals surface area contributed by atoms with Crippen LogP contribution in [0.25, 0.3) is 22.0 Å². The third kappa shape index (κ3) is 1.62. The molecule has 0 amide bonds. The molecule has 0 saturated heterocycles. The van der Waals surface area contributed by atoms with Crippen LogP contribution in [0.3, 0.4) is 0 Å². The van der Waals surface area contributed by atoms with E-state index in [1.807, 2.05) is 30.1 Å². The van der Waals surface area contributed by atoms with E-state index in [9.17, 15) is 0 Å². The zero-order chi connectivity index (χ0) is 12.7. The average Bonchev–Trinajstić information content (AvgIpc) is 2.69. The van der Waals surface area contributed by atoms with Gasteiger partial charge in [0.25, 0.3) is 0 Å². The van der Waals surface area contributed by atoms with Crippen molar-refractivity contribution in [2.75, 3.05) is 5.73 Å². The van der Waals surface area contributed by atoms with Gasteiger partial charge in [-0.05, 0) is 30.7 Å². The minimum atomic E-state index is 0.544. The largest absolute Gasteiger partial charge is 0.384 e. The predicted octanol–water partition coefficient (Wildman–Crippen LogP) is 2.53. The zero-order valence-corrected chi connectivity index (χ0v) is 10.4. The van der Waals surface area contributed by atoms with Gasteiger partial charge in [-0.1, -0.05) is 12.1 Å². The Morgan fingerprint density at radius 3 is 2.67 bits per heavy atom. The highest BCUT2D eigenvalue weighted by molar-refractivity contribution is 5.85. The lowest BCUT2D eigenvalue weighted by Gasteiger charge is -2.04. The lowest BCUT2D eigenvalue weighted by molar-refractivity contribution is 0.740. The topological polar surface area (TPSA) is 56.7 Å². The molecule has 2 N–H and O–H groups in total. The fourth-order valence-electron chi connectivity index (χ4n) is 2.08. The second kappa shape index (κ2) is 3.84. The fourth-order valence-corrected chi connectivity index (χ4v) is 2.08. The monoisotopic (exact) mass is 238 g/mol. The summed E-state index contributed by atoms with van der Waals surface area (Å²) in [6.45, 7) is 2.05. The summed E-state index contributed by atoms with van der Waals surface area (Å²) in [5.41, 5.74) is 10.0. The Bertz CT molecular complexity index is 728. The van der Waals surface area contributed by atoms with Crippen molar-refractivity contribution in [3.05, 3.63) is 42.2 Å². The van der Waals surface area contributed by atoms with Crippen LogP contribution in [0.4, 0.5) is 5.82 Å². The first-order valence-corrected chi connectivity index (χ1v) is 5.80. The number of anilines is 1. The number of fused-ring (bicyclic) bond motifs is 1. The third-order valence-corrected chi connectivity index (χ3v) is 3.26. The number of aryl methyl sites for hydroxylation is 1. The van der Waals surface area contributed by atoms with Gasteiger partial charge in [0.2, 0.25) is 0 Å². The molecule has 0 spiro atoms. The van der Waals surface area contributed by atoms with E-state index >= 15 is 0 Å². The van der Waals surface area contributed by atoms with Gasteiger partial charge in [0.15, 0.2) is 0 Å². The summed E-state index contributed by atoms with van der Waals surface area (Å²) in [5, 5.41) is 5.35. The van der Waals surface area contributed by atoms with Gasteiger partial charge in [0.1, 0.15) is 5.82 Å². The van der Waals surface area contributed by atoms with Gasteiger partial charge in [-0.15, -0.1) is 0 Å². The first-order chi connectivity index (χ1) is 8.65. The van der Waals surface area contributed by atoms with E-state index in [0.717, 1.165) is 27.7 Å². The quantitative estimate of drug-likeness (QED) is 0.708. The van der Waals surface area contributed by atoms with Crippen molar-refractivity contribution in [2.24, 2.45) is 7.05 Å². The normalized spacial score (nSPS) is 11.0. The molecule has 0 aliphatic carbocycles. The molecule has 0 saturated carbocycles. The zero-order valence-electron chi connectivity index (χ0n) is 10.4. The molecule has 4 nitrogen and oxygen atoms in total. The van der Waals surface area contributed by atoms with Gasteiger partial charge in [-0.2, -0.15) is 5.10 Å². The summed E-state index contributed by atoms with van der Waals surface area (Å²) in [4.78, 5) is 4.35. The van der Waals surface area contributed by atoms with Crippen LogP contribution in [0, 0.1) is 6.92 Å². The summed E-state index contributed by atoms with van der Waals surface area (Å²) < 4.78 is 1.87. The van der Waals surface area contributed by atoms with Crippen LogP contribution in [0.15, 0.2) is 36.5 Å². The smallest absolute Gasteiger partial charge is 0.124 e. The Morgan fingerprint density at radius 2 is 1.94 bits per heavy atom. The molecule has 0 bridgehead atoms. The summed E-state index contributed by atoms with van der Waals surface area (Å²) >= 11 is 0. The first kappa shape index (κ1) is 10.8. The summed E-state index contributed by atoms with van der Waals surface area (Å²) in [6.07, 6.45) is 1.88. The maximum Gasteiger partial charge on any atom is 0.124 e. The highest BCUT2D eigenvalue weighted by Crippen LogP contribution is 2.26. The standard InChI is InChI=1S/C14H14N4/c1-9-12(8-16-18(9)2)11-4-3-10-5-6-14(15)17-13(10)7-11/h3-8H,1-2H3,(H2,15,17). The molecule has 0 aliphatic heterocycles. The molecular formula is C14H14N4. The summed E-state index contributed by atoms with van der Waals surface area (Å²) in [7, 11) is 1.94. The Morgan fingerprint density at radius 1 is 1.17 bits per heavy atom. The van der Waals surface area contributed by atoms with E-state index in [0.29, 0.717) is 5.82 Å². The molecule has 3 rings (SSSR count). The van der Waals surface area contributed by atoms with E-state index < -0.39 is 0 Å². The van der Waals surface area contributed by atoms with Gasteiger partial charge in [-0.3, -0.25) is 4.68 Å². The predicted molar refractivity (Wildman–Crippen MR) is 73.1 cm³/mol. The fraction of sp³-hybridized carbons (Fsp3) is 0.143. The number of nitrogen functional groups attached to an aromatic ring is 1. The van der Waals surface area contributed by atoms with Crippen LogP contribution in [0.5, 0.6) is 0 Å². The molecule has 0 unspecified atom stereocenters. The number of nitrogens with two attached hydrogens (primary N) is 1. The van der Waals surface area contributed by atoms with E-state index in [-0.39, 0.29) is 0 Å². The minimum Gasteiger partial charge on any atom is -0.384 e. The second-order valence-electron chi connectivity index (χ2n) is 4.41. The Balaban J connectivity index is 2.21. The molecule has 1 aromatic carbocycles. The second-order valence-corrected chi connectivity index (χ2v) is 4.41. The van der Waals surface area contributed by atoms with Crippen LogP contribution in [-0.4, -0.2) is 14.8 Å². The van der Waals surface area contributed by atoms with Gasteiger partial charge in [-0.25, -0.2) is 4.98 Å². The maximum absolute atomic E-state index is 5.72. The van der Waals surface area contributed by atoms with Crippen molar-refractivity contribution in [2.45, 2.75) is 6.92 Å². The molecule has 0 atom stereocenters. The van der Waals surface area contributed by atoms with Crippen molar-refractivity contribution in [1.29, 1.82) is 0 Å². The van der Waals surface area contributed by atoms with Crippen molar-refractivity contribution < 1.29 is 0 Å². The number of rotatable bonds is 1. The molecular weight excluding hydrogens is 224 g/mol. The van der Waals surface area contributed by atoms with Crippen LogP contribution < -0.4 is 5.73 Å². The third-order valence-electron chi connectivity index (χ3n) is 3.26. The van der Waals surface area contributed by atoms with Gasteiger partial charge >= 0.3 is 0 Å². The molecule has 90 valence electrons. The molecule has 2 aromatic heterocycles. The van der Waals surface area contributed by atoms with Crippen LogP contribution >= 0.6 is 0 Å². The van der Waals surface area contributed by atoms with Crippen LogP contribution in [0.2, 0.25) is 0 Å². The van der Waals surface area contributed by atoms with Crippen molar-refractivity contribution in [3.8, 4) is 11.1 Å². The lowest BCUT2D eigenvalue weighted by atomic mass is 10.0. The molecule has 0 radical (unpaired) electrons. The van der Waals surface area contributed by atoms with Gasteiger partial charge < -0.3 is 5.73 Å². The SMILES string of the molecule is Cc1c(-c2ccc3ccc(N)nc3c2)cnn1C.